The molecular weight excluding hydrogens is 400 g/mol. The summed E-state index contributed by atoms with van der Waals surface area (Å²) >= 11 is 1.42. The maximum atomic E-state index is 12.9. The van der Waals surface area contributed by atoms with Gasteiger partial charge in [-0.2, -0.15) is 0 Å². The molecule has 1 aliphatic rings. The second kappa shape index (κ2) is 8.79. The lowest BCUT2D eigenvalue weighted by atomic mass is 10.1. The number of pyridine rings is 1. The van der Waals surface area contributed by atoms with Gasteiger partial charge in [0.1, 0.15) is 5.03 Å². The van der Waals surface area contributed by atoms with E-state index in [-0.39, 0.29) is 24.9 Å². The Balaban J connectivity index is 1.49. The van der Waals surface area contributed by atoms with Crippen LogP contribution in [0, 0.1) is 0 Å². The summed E-state index contributed by atoms with van der Waals surface area (Å²) in [6.45, 7) is 0.161. The molecule has 0 atom stereocenters. The second-order valence-electron chi connectivity index (χ2n) is 6.56. The molecule has 2 aromatic carbocycles. The highest BCUT2D eigenvalue weighted by molar-refractivity contribution is 7.99. The first-order valence-corrected chi connectivity index (χ1v) is 10.1. The molecule has 0 unspecified atom stereocenters. The predicted molar refractivity (Wildman–Crippen MR) is 113 cm³/mol. The number of nitrogens with one attached hydrogen (secondary N) is 2. The van der Waals surface area contributed by atoms with Crippen LogP contribution < -0.4 is 10.6 Å². The second-order valence-corrected chi connectivity index (χ2v) is 7.63. The standard InChI is InChI=1S/C22H18N4O3S/c27-19-13-24-22(29)26(19)14-15-6-4-7-16(12-15)25-20(28)18-10-5-11-23-21(18)30-17-8-2-1-3-9-17/h1-12H,13-14H2,(H,24,29)(H,25,28). The lowest BCUT2D eigenvalue weighted by Gasteiger charge is -2.14. The molecule has 0 bridgehead atoms. The van der Waals surface area contributed by atoms with Crippen molar-refractivity contribution in [2.45, 2.75) is 16.5 Å². The number of carbonyl (C=O) groups excluding carboxylic acids is 3. The van der Waals surface area contributed by atoms with Gasteiger partial charge in [-0.05, 0) is 42.0 Å². The molecule has 1 saturated heterocycles. The molecule has 1 fully saturated rings. The fraction of sp³-hybridized carbons (Fsp3) is 0.0909. The molecule has 1 aromatic heterocycles. The predicted octanol–water partition coefficient (Wildman–Crippen LogP) is 3.54. The van der Waals surface area contributed by atoms with Crippen LogP contribution in [0.5, 0.6) is 0 Å². The lowest BCUT2D eigenvalue weighted by molar-refractivity contribution is -0.125. The number of rotatable bonds is 6. The monoisotopic (exact) mass is 418 g/mol. The summed E-state index contributed by atoms with van der Waals surface area (Å²) in [6.07, 6.45) is 1.65. The zero-order chi connectivity index (χ0) is 20.9. The van der Waals surface area contributed by atoms with Crippen LogP contribution in [0.15, 0.2) is 82.8 Å². The van der Waals surface area contributed by atoms with Gasteiger partial charge in [-0.25, -0.2) is 9.78 Å². The van der Waals surface area contributed by atoms with Crippen LogP contribution in [-0.4, -0.2) is 34.3 Å². The maximum absolute atomic E-state index is 12.9. The van der Waals surface area contributed by atoms with Gasteiger partial charge in [-0.3, -0.25) is 14.5 Å². The molecule has 8 heteroatoms. The van der Waals surface area contributed by atoms with Crippen molar-refractivity contribution in [2.75, 3.05) is 11.9 Å². The van der Waals surface area contributed by atoms with Crippen molar-refractivity contribution in [1.29, 1.82) is 0 Å². The third-order valence-electron chi connectivity index (χ3n) is 4.44. The third-order valence-corrected chi connectivity index (χ3v) is 5.46. The fourth-order valence-electron chi connectivity index (χ4n) is 2.99. The van der Waals surface area contributed by atoms with E-state index >= 15 is 0 Å². The van der Waals surface area contributed by atoms with Crippen LogP contribution in [0.1, 0.15) is 15.9 Å². The summed E-state index contributed by atoms with van der Waals surface area (Å²) in [7, 11) is 0. The van der Waals surface area contributed by atoms with E-state index in [2.05, 4.69) is 15.6 Å². The summed E-state index contributed by atoms with van der Waals surface area (Å²) < 4.78 is 0. The number of carbonyl (C=O) groups is 3. The average molecular weight is 418 g/mol. The number of imide groups is 1. The highest BCUT2D eigenvalue weighted by atomic mass is 32.2. The van der Waals surface area contributed by atoms with Crippen molar-refractivity contribution in [1.82, 2.24) is 15.2 Å². The Kier molecular flexibility index (Phi) is 5.76. The topological polar surface area (TPSA) is 91.4 Å². The van der Waals surface area contributed by atoms with Crippen molar-refractivity contribution in [3.05, 3.63) is 84.1 Å². The summed E-state index contributed by atoms with van der Waals surface area (Å²) in [5.41, 5.74) is 1.78. The first-order valence-electron chi connectivity index (χ1n) is 9.26. The zero-order valence-electron chi connectivity index (χ0n) is 15.9. The molecule has 0 aliphatic carbocycles. The Morgan fingerprint density at radius 1 is 1.07 bits per heavy atom. The summed E-state index contributed by atoms with van der Waals surface area (Å²) in [5, 5.41) is 5.98. The first-order chi connectivity index (χ1) is 14.6. The molecule has 150 valence electrons. The normalized spacial score (nSPS) is 13.3. The molecule has 2 heterocycles. The van der Waals surface area contributed by atoms with Gasteiger partial charge in [-0.1, -0.05) is 42.1 Å². The van der Waals surface area contributed by atoms with Gasteiger partial charge in [0.2, 0.25) is 5.91 Å². The van der Waals surface area contributed by atoms with Crippen LogP contribution in [-0.2, 0) is 11.3 Å². The van der Waals surface area contributed by atoms with Crippen LogP contribution >= 0.6 is 11.8 Å². The van der Waals surface area contributed by atoms with Gasteiger partial charge in [0.15, 0.2) is 0 Å². The summed E-state index contributed by atoms with van der Waals surface area (Å²) in [6, 6.07) is 19.8. The third kappa shape index (κ3) is 4.49. The van der Waals surface area contributed by atoms with E-state index in [1.807, 2.05) is 30.3 Å². The Labute approximate surface area is 177 Å². The Hall–Kier alpha value is -3.65. The number of hydrogen-bond acceptors (Lipinski definition) is 5. The van der Waals surface area contributed by atoms with Crippen LogP contribution in [0.2, 0.25) is 0 Å². The van der Waals surface area contributed by atoms with Gasteiger partial charge in [0.05, 0.1) is 18.7 Å². The largest absolute Gasteiger partial charge is 0.329 e. The smallest absolute Gasteiger partial charge is 0.324 e. The summed E-state index contributed by atoms with van der Waals surface area (Å²) in [4.78, 5) is 42.9. The van der Waals surface area contributed by atoms with E-state index in [1.165, 1.54) is 11.8 Å². The molecular formula is C22H18N4O3S. The Bertz CT molecular complexity index is 1090. The lowest BCUT2D eigenvalue weighted by Crippen LogP contribution is -2.30. The van der Waals surface area contributed by atoms with Gasteiger partial charge in [0.25, 0.3) is 5.91 Å². The number of benzene rings is 2. The van der Waals surface area contributed by atoms with Gasteiger partial charge < -0.3 is 10.6 Å². The molecule has 4 amide bonds. The van der Waals surface area contributed by atoms with Crippen molar-refractivity contribution in [3.63, 3.8) is 0 Å². The van der Waals surface area contributed by atoms with Crippen LogP contribution in [0.25, 0.3) is 0 Å². The molecule has 2 N–H and O–H groups in total. The highest BCUT2D eigenvalue weighted by Crippen LogP contribution is 2.28. The van der Waals surface area contributed by atoms with E-state index in [4.69, 9.17) is 0 Å². The van der Waals surface area contributed by atoms with Crippen molar-refractivity contribution in [2.24, 2.45) is 0 Å². The Morgan fingerprint density at radius 3 is 2.67 bits per heavy atom. The molecule has 0 radical (unpaired) electrons. The molecule has 30 heavy (non-hydrogen) atoms. The van der Waals surface area contributed by atoms with Crippen molar-refractivity contribution >= 4 is 35.3 Å². The quantitative estimate of drug-likeness (QED) is 0.598. The molecule has 0 saturated carbocycles. The summed E-state index contributed by atoms with van der Waals surface area (Å²) in [5.74, 6) is -0.555. The van der Waals surface area contributed by atoms with Crippen molar-refractivity contribution < 1.29 is 14.4 Å². The van der Waals surface area contributed by atoms with Gasteiger partial charge >= 0.3 is 6.03 Å². The first kappa shape index (κ1) is 19.7. The molecule has 7 nitrogen and oxygen atoms in total. The fourth-order valence-corrected chi connectivity index (χ4v) is 3.89. The minimum atomic E-state index is -0.410. The molecule has 1 aliphatic heterocycles. The number of anilines is 1. The van der Waals surface area contributed by atoms with Gasteiger partial charge in [-0.15, -0.1) is 0 Å². The number of urea groups is 1. The minimum absolute atomic E-state index is 0.0120. The Morgan fingerprint density at radius 2 is 1.90 bits per heavy atom. The SMILES string of the molecule is O=C(Nc1cccc(CN2C(=O)CNC2=O)c1)c1cccnc1Sc1ccccc1. The molecule has 4 rings (SSSR count). The van der Waals surface area contributed by atoms with E-state index in [0.29, 0.717) is 16.3 Å². The minimum Gasteiger partial charge on any atom is -0.329 e. The van der Waals surface area contributed by atoms with Crippen LogP contribution in [0.3, 0.4) is 0 Å². The molecule has 3 aromatic rings. The van der Waals surface area contributed by atoms with Crippen molar-refractivity contribution in [3.8, 4) is 0 Å². The number of nitrogens with zero attached hydrogens (tertiary/aromatic N) is 2. The maximum Gasteiger partial charge on any atom is 0.324 e. The molecule has 0 spiro atoms. The van der Waals surface area contributed by atoms with Gasteiger partial charge in [0, 0.05) is 16.8 Å². The van der Waals surface area contributed by atoms with Crippen LogP contribution in [0.4, 0.5) is 10.5 Å². The number of hydrogen-bond donors (Lipinski definition) is 2. The number of amides is 4. The zero-order valence-corrected chi connectivity index (χ0v) is 16.7. The van der Waals surface area contributed by atoms with E-state index in [1.54, 1.807) is 42.6 Å². The highest BCUT2D eigenvalue weighted by Gasteiger charge is 2.28. The number of aromatic nitrogens is 1. The van der Waals surface area contributed by atoms with E-state index in [0.717, 1.165) is 15.4 Å². The van der Waals surface area contributed by atoms with E-state index < -0.39 is 6.03 Å². The average Bonchev–Trinajstić information content (AvgIpc) is 3.07. The van der Waals surface area contributed by atoms with E-state index in [9.17, 15) is 14.4 Å².